The van der Waals surface area contributed by atoms with E-state index >= 15 is 0 Å². The quantitative estimate of drug-likeness (QED) is 0.320. The number of nitrogens with zero attached hydrogens (tertiary/aromatic N) is 3. The van der Waals surface area contributed by atoms with Crippen LogP contribution in [0.3, 0.4) is 0 Å². The van der Waals surface area contributed by atoms with Crippen LogP contribution in [0.25, 0.3) is 0 Å². The number of aromatic nitrogens is 3. The molecule has 4 nitrogen and oxygen atoms in total. The molecule has 0 spiro atoms. The summed E-state index contributed by atoms with van der Waals surface area (Å²) in [6.45, 7) is 0. The Morgan fingerprint density at radius 3 is 1.86 bits per heavy atom. The molecule has 0 aliphatic carbocycles. The topological polar surface area (TPSA) is 56.7 Å². The fourth-order valence-corrected chi connectivity index (χ4v) is 0.209. The van der Waals surface area contributed by atoms with Crippen LogP contribution in [0.15, 0.2) is 12.7 Å². The SMILES string of the molecule is Nn1cnnc1.[NaH]. The molecule has 0 radical (unpaired) electrons. The molecule has 7 heavy (non-hydrogen) atoms. The Hall–Kier alpha value is -0.0600. The second kappa shape index (κ2) is 3.01. The van der Waals surface area contributed by atoms with Crippen molar-refractivity contribution >= 4 is 29.6 Å². The zero-order valence-corrected chi connectivity index (χ0v) is 3.07. The van der Waals surface area contributed by atoms with E-state index in [1.165, 1.54) is 17.3 Å². The molecule has 1 aromatic rings. The van der Waals surface area contributed by atoms with E-state index in [-0.39, 0.29) is 29.6 Å². The van der Waals surface area contributed by atoms with Gasteiger partial charge in [0.05, 0.1) is 0 Å². The Balaban J connectivity index is 0.000000360. The molecule has 0 saturated heterocycles. The zero-order chi connectivity index (χ0) is 4.41. The van der Waals surface area contributed by atoms with Crippen molar-refractivity contribution in [3.05, 3.63) is 12.7 Å². The summed E-state index contributed by atoms with van der Waals surface area (Å²) in [7, 11) is 0. The molecule has 0 aliphatic heterocycles. The Bertz CT molecular complexity index is 113. The van der Waals surface area contributed by atoms with Crippen molar-refractivity contribution in [2.75, 3.05) is 5.84 Å². The first-order valence-electron chi connectivity index (χ1n) is 1.49. The van der Waals surface area contributed by atoms with Crippen LogP contribution in [-0.4, -0.2) is 44.4 Å². The van der Waals surface area contributed by atoms with E-state index < -0.39 is 0 Å². The standard InChI is InChI=1S/C2H4N4.Na.H/c3-6-1-4-5-2-6;;/h1-2H,3H2;;. The van der Waals surface area contributed by atoms with Gasteiger partial charge in [-0.1, -0.05) is 0 Å². The van der Waals surface area contributed by atoms with E-state index in [0.29, 0.717) is 0 Å². The van der Waals surface area contributed by atoms with Gasteiger partial charge in [-0.2, -0.15) is 0 Å². The number of hydrogen-bond acceptors (Lipinski definition) is 3. The summed E-state index contributed by atoms with van der Waals surface area (Å²) in [6, 6.07) is 0. The van der Waals surface area contributed by atoms with Gasteiger partial charge in [0.25, 0.3) is 0 Å². The van der Waals surface area contributed by atoms with Crippen LogP contribution in [0.5, 0.6) is 0 Å². The molecular formula is C2H5N4Na. The Labute approximate surface area is 63.0 Å². The van der Waals surface area contributed by atoms with Crippen LogP contribution in [-0.2, 0) is 0 Å². The van der Waals surface area contributed by atoms with Crippen LogP contribution < -0.4 is 5.84 Å². The predicted octanol–water partition coefficient (Wildman–Crippen LogP) is -1.66. The van der Waals surface area contributed by atoms with Gasteiger partial charge in [0.1, 0.15) is 12.7 Å². The Morgan fingerprint density at radius 1 is 1.29 bits per heavy atom. The maximum atomic E-state index is 5.07. The summed E-state index contributed by atoms with van der Waals surface area (Å²) in [6.07, 6.45) is 2.83. The van der Waals surface area contributed by atoms with E-state index in [9.17, 15) is 0 Å². The minimum absolute atomic E-state index is 0. The molecule has 1 heterocycles. The maximum absolute atomic E-state index is 5.07. The zero-order valence-electron chi connectivity index (χ0n) is 3.07. The third kappa shape index (κ3) is 1.91. The number of nitrogens with two attached hydrogens (primary N) is 1. The average molecular weight is 108 g/mol. The van der Waals surface area contributed by atoms with Crippen molar-refractivity contribution in [3.63, 3.8) is 0 Å². The third-order valence-electron chi connectivity index (χ3n) is 0.437. The Morgan fingerprint density at radius 2 is 1.71 bits per heavy atom. The van der Waals surface area contributed by atoms with Gasteiger partial charge in [-0.05, 0) is 0 Å². The van der Waals surface area contributed by atoms with Gasteiger partial charge < -0.3 is 5.84 Å². The van der Waals surface area contributed by atoms with Crippen molar-refractivity contribution in [2.45, 2.75) is 0 Å². The summed E-state index contributed by atoms with van der Waals surface area (Å²) in [4.78, 5) is 0. The van der Waals surface area contributed by atoms with E-state index in [0.717, 1.165) is 0 Å². The molecule has 34 valence electrons. The number of nitrogen functional groups attached to an aromatic ring is 1. The van der Waals surface area contributed by atoms with Gasteiger partial charge in [-0.3, -0.25) is 0 Å². The molecule has 0 amide bonds. The van der Waals surface area contributed by atoms with E-state index in [1.54, 1.807) is 0 Å². The number of rotatable bonds is 0. The molecule has 0 bridgehead atoms. The molecule has 0 fully saturated rings. The van der Waals surface area contributed by atoms with Crippen LogP contribution in [0.1, 0.15) is 0 Å². The first-order valence-corrected chi connectivity index (χ1v) is 1.49. The molecule has 0 saturated carbocycles. The first kappa shape index (κ1) is 6.94. The van der Waals surface area contributed by atoms with Gasteiger partial charge in [-0.25, -0.2) is 4.68 Å². The molecule has 0 atom stereocenters. The molecule has 2 N–H and O–H groups in total. The molecule has 0 aromatic carbocycles. The normalized spacial score (nSPS) is 7.43. The number of hydrogen-bond donors (Lipinski definition) is 1. The fraction of sp³-hybridized carbons (Fsp3) is 0. The predicted molar refractivity (Wildman–Crippen MR) is 27.3 cm³/mol. The molecule has 0 aliphatic rings. The van der Waals surface area contributed by atoms with Crippen molar-refractivity contribution in [3.8, 4) is 0 Å². The van der Waals surface area contributed by atoms with Crippen LogP contribution in [0.2, 0.25) is 0 Å². The van der Waals surface area contributed by atoms with Crippen molar-refractivity contribution in [1.29, 1.82) is 0 Å². The van der Waals surface area contributed by atoms with E-state index in [1.807, 2.05) is 0 Å². The van der Waals surface area contributed by atoms with Crippen molar-refractivity contribution in [2.24, 2.45) is 0 Å². The molecule has 0 unspecified atom stereocenters. The molecule has 1 rings (SSSR count). The summed E-state index contributed by atoms with van der Waals surface area (Å²) in [5.74, 6) is 5.07. The third-order valence-corrected chi connectivity index (χ3v) is 0.437. The molecule has 1 aromatic heterocycles. The van der Waals surface area contributed by atoms with Crippen LogP contribution >= 0.6 is 0 Å². The molecule has 5 heteroatoms. The summed E-state index contributed by atoms with van der Waals surface area (Å²) >= 11 is 0. The van der Waals surface area contributed by atoms with Gasteiger partial charge >= 0.3 is 29.6 Å². The first-order chi connectivity index (χ1) is 2.89. The van der Waals surface area contributed by atoms with Gasteiger partial charge in [-0.15, -0.1) is 10.2 Å². The summed E-state index contributed by atoms with van der Waals surface area (Å²) in [5.41, 5.74) is 0. The Kier molecular flexibility index (Phi) is 2.98. The van der Waals surface area contributed by atoms with E-state index in [2.05, 4.69) is 10.2 Å². The fourth-order valence-electron chi connectivity index (χ4n) is 0.209. The van der Waals surface area contributed by atoms with Crippen LogP contribution in [0, 0.1) is 0 Å². The van der Waals surface area contributed by atoms with Crippen molar-refractivity contribution in [1.82, 2.24) is 14.9 Å². The van der Waals surface area contributed by atoms with Gasteiger partial charge in [0.2, 0.25) is 0 Å². The minimum atomic E-state index is 0. The van der Waals surface area contributed by atoms with Crippen molar-refractivity contribution < 1.29 is 0 Å². The van der Waals surface area contributed by atoms with Gasteiger partial charge in [0.15, 0.2) is 0 Å². The van der Waals surface area contributed by atoms with Gasteiger partial charge in [0, 0.05) is 0 Å². The summed E-state index contributed by atoms with van der Waals surface area (Å²) < 4.78 is 1.28. The average Bonchev–Trinajstić information content (AvgIpc) is 1.86. The second-order valence-corrected chi connectivity index (χ2v) is 0.909. The molecular weight excluding hydrogens is 103 g/mol. The monoisotopic (exact) mass is 108 g/mol. The van der Waals surface area contributed by atoms with Crippen LogP contribution in [0.4, 0.5) is 0 Å². The van der Waals surface area contributed by atoms with E-state index in [4.69, 9.17) is 5.84 Å². The summed E-state index contributed by atoms with van der Waals surface area (Å²) in [5, 5.41) is 6.82. The second-order valence-electron chi connectivity index (χ2n) is 0.909.